The fraction of sp³-hybridized carbons (Fsp3) is 0.450. The zero-order valence-corrected chi connectivity index (χ0v) is 16.6. The van der Waals surface area contributed by atoms with Crippen LogP contribution in [0.3, 0.4) is 0 Å². The van der Waals surface area contributed by atoms with Crippen molar-refractivity contribution in [3.8, 4) is 0 Å². The number of nitrogens with one attached hydrogen (secondary N) is 1. The van der Waals surface area contributed by atoms with Gasteiger partial charge in [0.15, 0.2) is 0 Å². The molecule has 1 heterocycles. The minimum atomic E-state index is -0.106. The molecule has 0 aromatic heterocycles. The fourth-order valence-electron chi connectivity index (χ4n) is 3.27. The summed E-state index contributed by atoms with van der Waals surface area (Å²) in [4.78, 5) is 26.9. The smallest absolute Gasteiger partial charge is 0.266 e. The third kappa shape index (κ3) is 4.95. The molecule has 6 heteroatoms. The second-order valence-electron chi connectivity index (χ2n) is 6.90. The van der Waals surface area contributed by atoms with Crippen molar-refractivity contribution in [3.05, 3.63) is 40.3 Å². The van der Waals surface area contributed by atoms with E-state index in [1.54, 1.807) is 4.90 Å². The maximum Gasteiger partial charge on any atom is 0.266 e. The fourth-order valence-corrected chi connectivity index (χ4v) is 4.58. The monoisotopic (exact) mass is 388 g/mol. The summed E-state index contributed by atoms with van der Waals surface area (Å²) in [6, 6.07) is 8.30. The van der Waals surface area contributed by atoms with Crippen molar-refractivity contribution in [2.45, 2.75) is 51.5 Å². The molecule has 0 spiro atoms. The number of hydrogen-bond acceptors (Lipinski definition) is 4. The third-order valence-electron chi connectivity index (χ3n) is 4.78. The van der Waals surface area contributed by atoms with Gasteiger partial charge >= 0.3 is 0 Å². The van der Waals surface area contributed by atoms with E-state index in [0.717, 1.165) is 18.4 Å². The van der Waals surface area contributed by atoms with E-state index in [9.17, 15) is 9.59 Å². The third-order valence-corrected chi connectivity index (χ3v) is 6.16. The molecule has 1 N–H and O–H groups in total. The second-order valence-corrected chi connectivity index (χ2v) is 8.57. The first-order valence-electron chi connectivity index (χ1n) is 9.14. The number of carbonyl (C=O) groups excluding carboxylic acids is 2. The van der Waals surface area contributed by atoms with Crippen LogP contribution in [0, 0.1) is 6.92 Å². The van der Waals surface area contributed by atoms with Gasteiger partial charge in [0.25, 0.3) is 5.91 Å². The molecular weight excluding hydrogens is 364 g/mol. The van der Waals surface area contributed by atoms with E-state index in [4.69, 9.17) is 12.2 Å². The Bertz CT molecular complexity index is 722. The van der Waals surface area contributed by atoms with Crippen LogP contribution in [0.5, 0.6) is 0 Å². The zero-order chi connectivity index (χ0) is 18.5. The maximum atomic E-state index is 12.6. The van der Waals surface area contributed by atoms with Crippen molar-refractivity contribution in [1.82, 2.24) is 10.2 Å². The Morgan fingerprint density at radius 2 is 1.96 bits per heavy atom. The first kappa shape index (κ1) is 19.1. The van der Waals surface area contributed by atoms with Gasteiger partial charge in [-0.15, -0.1) is 0 Å². The Labute approximate surface area is 164 Å². The lowest BCUT2D eigenvalue weighted by molar-refractivity contribution is -0.124. The average molecular weight is 389 g/mol. The second kappa shape index (κ2) is 8.82. The lowest BCUT2D eigenvalue weighted by Crippen LogP contribution is -2.39. The summed E-state index contributed by atoms with van der Waals surface area (Å²) in [5.74, 6) is -0.0977. The molecule has 1 aliphatic carbocycles. The van der Waals surface area contributed by atoms with Gasteiger partial charge < -0.3 is 5.32 Å². The van der Waals surface area contributed by atoms with Crippen molar-refractivity contribution >= 4 is 46.2 Å². The summed E-state index contributed by atoms with van der Waals surface area (Å²) >= 11 is 6.65. The predicted molar refractivity (Wildman–Crippen MR) is 111 cm³/mol. The SMILES string of the molecule is Cc1ccc(/C=C2\SC(=S)N(CCC(=O)NC3CCCCC3)C2=O)cc1. The summed E-state index contributed by atoms with van der Waals surface area (Å²) in [5.41, 5.74) is 2.16. The maximum absolute atomic E-state index is 12.6. The van der Waals surface area contributed by atoms with E-state index in [0.29, 0.717) is 28.2 Å². The normalized spacial score (nSPS) is 20.0. The lowest BCUT2D eigenvalue weighted by Gasteiger charge is -2.23. The van der Waals surface area contributed by atoms with Gasteiger partial charge in [0, 0.05) is 19.0 Å². The number of benzene rings is 1. The van der Waals surface area contributed by atoms with E-state index in [1.807, 2.05) is 37.3 Å². The van der Waals surface area contributed by atoms with Crippen molar-refractivity contribution in [2.24, 2.45) is 0 Å². The van der Waals surface area contributed by atoms with Crippen molar-refractivity contribution < 1.29 is 9.59 Å². The quantitative estimate of drug-likeness (QED) is 0.611. The molecule has 0 unspecified atom stereocenters. The molecule has 138 valence electrons. The van der Waals surface area contributed by atoms with Crippen LogP contribution in [0.15, 0.2) is 29.2 Å². The summed E-state index contributed by atoms with van der Waals surface area (Å²) in [7, 11) is 0. The molecule has 1 saturated carbocycles. The Balaban J connectivity index is 1.55. The molecule has 2 amide bonds. The van der Waals surface area contributed by atoms with Gasteiger partial charge in [0.2, 0.25) is 5.91 Å². The number of thioether (sulfide) groups is 1. The Morgan fingerprint density at radius 1 is 1.27 bits per heavy atom. The molecule has 1 aromatic rings. The molecule has 3 rings (SSSR count). The zero-order valence-electron chi connectivity index (χ0n) is 15.0. The van der Waals surface area contributed by atoms with E-state index < -0.39 is 0 Å². The predicted octanol–water partition coefficient (Wildman–Crippen LogP) is 4.04. The Hall–Kier alpha value is -1.66. The number of hydrogen-bond donors (Lipinski definition) is 1. The highest BCUT2D eigenvalue weighted by molar-refractivity contribution is 8.26. The van der Waals surface area contributed by atoms with Crippen molar-refractivity contribution in [3.63, 3.8) is 0 Å². The molecular formula is C20H24N2O2S2. The molecule has 1 aromatic carbocycles. The number of carbonyl (C=O) groups is 2. The molecule has 26 heavy (non-hydrogen) atoms. The highest BCUT2D eigenvalue weighted by Crippen LogP contribution is 2.32. The topological polar surface area (TPSA) is 49.4 Å². The first-order valence-corrected chi connectivity index (χ1v) is 10.4. The molecule has 0 radical (unpaired) electrons. The number of rotatable bonds is 5. The van der Waals surface area contributed by atoms with Gasteiger partial charge in [-0.05, 0) is 31.4 Å². The van der Waals surface area contributed by atoms with Gasteiger partial charge in [-0.3, -0.25) is 14.5 Å². The van der Waals surface area contributed by atoms with Crippen LogP contribution in [0.1, 0.15) is 49.7 Å². The minimum absolute atomic E-state index is 0.00784. The van der Waals surface area contributed by atoms with Gasteiger partial charge in [-0.25, -0.2) is 0 Å². The minimum Gasteiger partial charge on any atom is -0.353 e. The largest absolute Gasteiger partial charge is 0.353 e. The van der Waals surface area contributed by atoms with Crippen LogP contribution in [0.25, 0.3) is 6.08 Å². The van der Waals surface area contributed by atoms with Crippen LogP contribution in [-0.2, 0) is 9.59 Å². The van der Waals surface area contributed by atoms with Gasteiger partial charge in [-0.2, -0.15) is 0 Å². The van der Waals surface area contributed by atoms with Crippen LogP contribution in [0.2, 0.25) is 0 Å². The van der Waals surface area contributed by atoms with Crippen LogP contribution in [-0.4, -0.2) is 33.6 Å². The molecule has 4 nitrogen and oxygen atoms in total. The van der Waals surface area contributed by atoms with Crippen LogP contribution in [0.4, 0.5) is 0 Å². The number of thiocarbonyl (C=S) groups is 1. The average Bonchev–Trinajstić information content (AvgIpc) is 2.89. The number of amides is 2. The summed E-state index contributed by atoms with van der Waals surface area (Å²) in [6.45, 7) is 2.37. The Morgan fingerprint density at radius 3 is 2.65 bits per heavy atom. The van der Waals surface area contributed by atoms with Gasteiger partial charge in [-0.1, -0.05) is 73.1 Å². The van der Waals surface area contributed by atoms with E-state index in [1.165, 1.54) is 36.6 Å². The van der Waals surface area contributed by atoms with E-state index in [-0.39, 0.29) is 11.8 Å². The summed E-state index contributed by atoms with van der Waals surface area (Å²) < 4.78 is 0.527. The lowest BCUT2D eigenvalue weighted by atomic mass is 9.95. The number of nitrogens with zero attached hydrogens (tertiary/aromatic N) is 1. The van der Waals surface area contributed by atoms with Crippen LogP contribution < -0.4 is 5.32 Å². The van der Waals surface area contributed by atoms with Crippen molar-refractivity contribution in [2.75, 3.05) is 6.54 Å². The number of aryl methyl sites for hydroxylation is 1. The molecule has 2 fully saturated rings. The summed E-state index contributed by atoms with van der Waals surface area (Å²) in [6.07, 6.45) is 7.91. The van der Waals surface area contributed by atoms with Gasteiger partial charge in [0.1, 0.15) is 4.32 Å². The summed E-state index contributed by atoms with van der Waals surface area (Å²) in [5, 5.41) is 3.09. The van der Waals surface area contributed by atoms with E-state index in [2.05, 4.69) is 5.32 Å². The molecule has 1 saturated heterocycles. The van der Waals surface area contributed by atoms with E-state index >= 15 is 0 Å². The van der Waals surface area contributed by atoms with Crippen LogP contribution >= 0.6 is 24.0 Å². The first-order chi connectivity index (χ1) is 12.5. The molecule has 1 aliphatic heterocycles. The van der Waals surface area contributed by atoms with Crippen molar-refractivity contribution in [1.29, 1.82) is 0 Å². The standard InChI is InChI=1S/C20H24N2O2S2/c1-14-7-9-15(10-8-14)13-17-19(24)22(20(25)26-17)12-11-18(23)21-16-5-3-2-4-6-16/h7-10,13,16H,2-6,11-12H2,1H3,(H,21,23)/b17-13-. The molecule has 2 aliphatic rings. The molecule has 0 atom stereocenters. The van der Waals surface area contributed by atoms with Gasteiger partial charge in [0.05, 0.1) is 4.91 Å². The highest BCUT2D eigenvalue weighted by atomic mass is 32.2. The highest BCUT2D eigenvalue weighted by Gasteiger charge is 2.32. The Kier molecular flexibility index (Phi) is 6.48. The molecule has 0 bridgehead atoms.